The number of benzene rings is 2. The van der Waals surface area contributed by atoms with Crippen molar-refractivity contribution in [2.75, 3.05) is 26.2 Å². The smallest absolute Gasteiger partial charge is 0.407 e. The van der Waals surface area contributed by atoms with E-state index in [0.29, 0.717) is 64.2 Å². The average Bonchev–Trinajstić information content (AvgIpc) is 3.22. The molecular formula is C22H17Cl3N6O2. The first kappa shape index (κ1) is 22.9. The molecule has 33 heavy (non-hydrogen) atoms. The lowest BCUT2D eigenvalue weighted by atomic mass is 10.1. The second kappa shape index (κ2) is 9.71. The first-order valence-corrected chi connectivity index (χ1v) is 11.0. The second-order valence-electron chi connectivity index (χ2n) is 7.22. The van der Waals surface area contributed by atoms with Crippen molar-refractivity contribution >= 4 is 46.7 Å². The molecule has 0 atom stereocenters. The molecule has 1 saturated heterocycles. The van der Waals surface area contributed by atoms with Crippen LogP contribution in [0.25, 0.3) is 16.9 Å². The molecule has 3 aromatic rings. The summed E-state index contributed by atoms with van der Waals surface area (Å²) in [6.07, 6.45) is 0.866. The predicted octanol–water partition coefficient (Wildman–Crippen LogP) is 5.02. The molecule has 8 nitrogen and oxygen atoms in total. The number of aromatic nitrogens is 2. The zero-order chi connectivity index (χ0) is 23.5. The number of carboxylic acid groups (broad SMARTS) is 1. The van der Waals surface area contributed by atoms with E-state index in [9.17, 15) is 15.2 Å². The largest absolute Gasteiger partial charge is 0.465 e. The molecular weight excluding hydrogens is 487 g/mol. The van der Waals surface area contributed by atoms with Gasteiger partial charge in [0.2, 0.25) is 6.19 Å². The maximum atomic E-state index is 11.2. The average molecular weight is 504 g/mol. The quantitative estimate of drug-likeness (QED) is 0.307. The Morgan fingerprint density at radius 2 is 1.61 bits per heavy atom. The molecule has 0 spiro atoms. The van der Waals surface area contributed by atoms with Gasteiger partial charge in [0, 0.05) is 41.8 Å². The molecule has 1 fully saturated rings. The minimum Gasteiger partial charge on any atom is -0.465 e. The summed E-state index contributed by atoms with van der Waals surface area (Å²) in [7, 11) is 0. The summed E-state index contributed by atoms with van der Waals surface area (Å²) in [4.78, 5) is 18.4. The Bertz CT molecular complexity index is 1260. The monoisotopic (exact) mass is 502 g/mol. The van der Waals surface area contributed by atoms with Gasteiger partial charge in [-0.05, 0) is 36.4 Å². The van der Waals surface area contributed by atoms with Gasteiger partial charge in [-0.2, -0.15) is 15.4 Å². The summed E-state index contributed by atoms with van der Waals surface area (Å²) in [5.74, 6) is 0.363. The molecule has 2 aromatic carbocycles. The number of amidine groups is 1. The van der Waals surface area contributed by atoms with Gasteiger partial charge in [0.25, 0.3) is 0 Å². The van der Waals surface area contributed by atoms with Crippen LogP contribution in [-0.4, -0.2) is 62.8 Å². The van der Waals surface area contributed by atoms with Crippen molar-refractivity contribution in [1.82, 2.24) is 19.6 Å². The Labute approximate surface area is 204 Å². The molecule has 0 saturated carbocycles. The van der Waals surface area contributed by atoms with Gasteiger partial charge in [0.15, 0.2) is 5.84 Å². The molecule has 0 bridgehead atoms. The van der Waals surface area contributed by atoms with Gasteiger partial charge >= 0.3 is 6.09 Å². The van der Waals surface area contributed by atoms with Crippen molar-refractivity contribution in [3.8, 4) is 23.1 Å². The van der Waals surface area contributed by atoms with Crippen LogP contribution in [0.3, 0.4) is 0 Å². The van der Waals surface area contributed by atoms with Gasteiger partial charge in [-0.25, -0.2) is 9.48 Å². The fraction of sp³-hybridized carbons (Fsp3) is 0.182. The zero-order valence-electron chi connectivity index (χ0n) is 17.1. The topological polar surface area (TPSA) is 97.8 Å². The molecule has 0 unspecified atom stereocenters. The fourth-order valence-corrected chi connectivity index (χ4v) is 4.21. The van der Waals surface area contributed by atoms with Crippen LogP contribution in [0.5, 0.6) is 0 Å². The van der Waals surface area contributed by atoms with E-state index in [2.05, 4.69) is 4.99 Å². The third kappa shape index (κ3) is 4.91. The molecule has 0 aliphatic carbocycles. The lowest BCUT2D eigenvalue weighted by Gasteiger charge is -2.34. The number of nitriles is 1. The van der Waals surface area contributed by atoms with Crippen molar-refractivity contribution in [2.24, 2.45) is 4.99 Å². The normalized spacial score (nSPS) is 14.3. The van der Waals surface area contributed by atoms with Crippen LogP contribution in [0, 0.1) is 11.5 Å². The van der Waals surface area contributed by atoms with Crippen molar-refractivity contribution in [3.05, 3.63) is 69.3 Å². The van der Waals surface area contributed by atoms with E-state index in [1.807, 2.05) is 29.3 Å². The molecule has 2 heterocycles. The number of amides is 1. The fourth-order valence-electron chi connectivity index (χ4n) is 3.60. The van der Waals surface area contributed by atoms with E-state index in [1.165, 1.54) is 4.90 Å². The van der Waals surface area contributed by atoms with Crippen LogP contribution in [0.2, 0.25) is 15.1 Å². The van der Waals surface area contributed by atoms with E-state index in [1.54, 1.807) is 35.0 Å². The number of nitrogens with zero attached hydrogens (tertiary/aromatic N) is 6. The first-order valence-electron chi connectivity index (χ1n) is 9.89. The number of hydrogen-bond acceptors (Lipinski definition) is 4. The zero-order valence-corrected chi connectivity index (χ0v) is 19.4. The minimum atomic E-state index is -0.972. The van der Waals surface area contributed by atoms with Crippen molar-refractivity contribution in [3.63, 3.8) is 0 Å². The Hall–Kier alpha value is -3.25. The minimum absolute atomic E-state index is 0.299. The summed E-state index contributed by atoms with van der Waals surface area (Å²) >= 11 is 18.6. The van der Waals surface area contributed by atoms with Crippen LogP contribution in [-0.2, 0) is 0 Å². The van der Waals surface area contributed by atoms with Crippen molar-refractivity contribution < 1.29 is 9.90 Å². The van der Waals surface area contributed by atoms with Gasteiger partial charge < -0.3 is 14.9 Å². The standard InChI is InChI=1S/C22H17Cl3N6O2/c23-15-3-1-14(2-4-15)20-12-18(28-31(20)19-6-5-16(24)11-17(19)25)21(27-13-26)29-7-9-30(10-8-29)22(32)33/h1-6,11-12H,7-10H2,(H,32,33). The third-order valence-corrected chi connectivity index (χ3v) is 6.01. The molecule has 1 amide bonds. The lowest BCUT2D eigenvalue weighted by molar-refractivity contribution is 0.124. The van der Waals surface area contributed by atoms with E-state index in [0.717, 1.165) is 5.56 Å². The Morgan fingerprint density at radius 1 is 0.970 bits per heavy atom. The summed E-state index contributed by atoms with van der Waals surface area (Å²) in [5, 5.41) is 24.8. The highest BCUT2D eigenvalue weighted by Crippen LogP contribution is 2.31. The number of hydrogen-bond donors (Lipinski definition) is 1. The van der Waals surface area contributed by atoms with Crippen molar-refractivity contribution in [2.45, 2.75) is 0 Å². The van der Waals surface area contributed by atoms with E-state index >= 15 is 0 Å². The Morgan fingerprint density at radius 3 is 2.21 bits per heavy atom. The van der Waals surface area contributed by atoms with Crippen LogP contribution in [0.15, 0.2) is 53.5 Å². The highest BCUT2D eigenvalue weighted by atomic mass is 35.5. The van der Waals surface area contributed by atoms with Gasteiger partial charge in [0.1, 0.15) is 5.69 Å². The summed E-state index contributed by atoms with van der Waals surface area (Å²) in [5.41, 5.74) is 2.59. The molecule has 168 valence electrons. The predicted molar refractivity (Wildman–Crippen MR) is 127 cm³/mol. The summed E-state index contributed by atoms with van der Waals surface area (Å²) < 4.78 is 1.66. The number of piperazine rings is 1. The summed E-state index contributed by atoms with van der Waals surface area (Å²) in [6.45, 7) is 1.37. The highest BCUT2D eigenvalue weighted by molar-refractivity contribution is 6.35. The highest BCUT2D eigenvalue weighted by Gasteiger charge is 2.26. The number of halogens is 3. The molecule has 1 N–H and O–H groups in total. The molecule has 1 aromatic heterocycles. The third-order valence-electron chi connectivity index (χ3n) is 5.22. The van der Waals surface area contributed by atoms with Crippen LogP contribution in [0.4, 0.5) is 4.79 Å². The number of rotatable bonds is 3. The molecule has 4 rings (SSSR count). The van der Waals surface area contributed by atoms with E-state index in [4.69, 9.17) is 39.9 Å². The molecule has 0 radical (unpaired) electrons. The first-order chi connectivity index (χ1) is 15.9. The summed E-state index contributed by atoms with van der Waals surface area (Å²) in [6, 6.07) is 14.2. The van der Waals surface area contributed by atoms with Crippen LogP contribution in [0.1, 0.15) is 5.69 Å². The van der Waals surface area contributed by atoms with Crippen LogP contribution >= 0.6 is 34.8 Å². The van der Waals surface area contributed by atoms with E-state index in [-0.39, 0.29) is 0 Å². The van der Waals surface area contributed by atoms with Gasteiger partial charge in [0.05, 0.1) is 16.4 Å². The second-order valence-corrected chi connectivity index (χ2v) is 8.50. The molecule has 1 aliphatic rings. The van der Waals surface area contributed by atoms with Gasteiger partial charge in [-0.15, -0.1) is 0 Å². The SMILES string of the molecule is N#CN=C(c1cc(-c2ccc(Cl)cc2)n(-c2ccc(Cl)cc2Cl)n1)N1CCN(C(=O)O)CC1. The lowest BCUT2D eigenvalue weighted by Crippen LogP contribution is -2.50. The van der Waals surface area contributed by atoms with Gasteiger partial charge in [-0.1, -0.05) is 46.9 Å². The Kier molecular flexibility index (Phi) is 6.75. The molecule has 11 heteroatoms. The van der Waals surface area contributed by atoms with E-state index < -0.39 is 6.09 Å². The number of carbonyl (C=O) groups is 1. The van der Waals surface area contributed by atoms with Crippen molar-refractivity contribution in [1.29, 1.82) is 5.26 Å². The Balaban J connectivity index is 1.80. The van der Waals surface area contributed by atoms with Gasteiger partial charge in [-0.3, -0.25) is 0 Å². The maximum Gasteiger partial charge on any atom is 0.407 e. The maximum absolute atomic E-state index is 11.2. The van der Waals surface area contributed by atoms with Crippen LogP contribution < -0.4 is 0 Å². The molecule has 1 aliphatic heterocycles. The number of aliphatic imine (C=N–C) groups is 1.